The number of fused-ring (bicyclic) bond motifs is 4. The van der Waals surface area contributed by atoms with Crippen LogP contribution in [0.3, 0.4) is 0 Å². The van der Waals surface area contributed by atoms with E-state index < -0.39 is 26.1 Å². The van der Waals surface area contributed by atoms with Crippen molar-refractivity contribution in [3.8, 4) is 0 Å². The molecule has 0 radical (unpaired) electrons. The van der Waals surface area contributed by atoms with Gasteiger partial charge in [-0.05, 0) is 73.2 Å². The average molecular weight is 621 g/mol. The smallest absolute Gasteiger partial charge is 0.208 e. The highest BCUT2D eigenvalue weighted by atomic mass is 35.5. The molecule has 0 unspecified atom stereocenters. The third-order valence-corrected chi connectivity index (χ3v) is 13.4. The van der Waals surface area contributed by atoms with Gasteiger partial charge in [0.25, 0.3) is 0 Å². The number of piperidine rings is 1. The summed E-state index contributed by atoms with van der Waals surface area (Å²) in [7, 11) is -7.63. The second-order valence-electron chi connectivity index (χ2n) is 10.8. The lowest BCUT2D eigenvalue weighted by molar-refractivity contribution is 0.308. The van der Waals surface area contributed by atoms with Crippen LogP contribution in [0.15, 0.2) is 80.2 Å². The fraction of sp³-hybridized carbons (Fsp3) is 0.379. The van der Waals surface area contributed by atoms with Crippen molar-refractivity contribution in [2.45, 2.75) is 76.0 Å². The van der Waals surface area contributed by atoms with E-state index in [2.05, 4.69) is 4.72 Å². The van der Waals surface area contributed by atoms with E-state index in [0.717, 1.165) is 53.0 Å². The number of hydrogen-bond donors (Lipinski definition) is 1. The normalized spacial score (nSPS) is 19.8. The van der Waals surface area contributed by atoms with E-state index >= 15 is 0 Å². The molecule has 2 heterocycles. The first-order valence-corrected chi connectivity index (χ1v) is 17.6. The van der Waals surface area contributed by atoms with E-state index in [1.165, 1.54) is 28.2 Å². The largest absolute Gasteiger partial charge is 0.243 e. The first kappa shape index (κ1) is 28.2. The quantitative estimate of drug-likeness (QED) is 0.361. The third-order valence-electron chi connectivity index (χ3n) is 8.38. The third kappa shape index (κ3) is 5.01. The second kappa shape index (κ2) is 10.7. The van der Waals surface area contributed by atoms with Gasteiger partial charge in [0.15, 0.2) is 0 Å². The van der Waals surface area contributed by atoms with Gasteiger partial charge in [0.05, 0.1) is 9.92 Å². The summed E-state index contributed by atoms with van der Waals surface area (Å²) < 4.78 is 71.5. The van der Waals surface area contributed by atoms with Crippen LogP contribution in [-0.2, 0) is 25.5 Å². The Morgan fingerprint density at radius 2 is 1.55 bits per heavy atom. The van der Waals surface area contributed by atoms with Gasteiger partial charge in [-0.1, -0.05) is 66.9 Å². The molecule has 0 amide bonds. The molecule has 2 fully saturated rings. The van der Waals surface area contributed by atoms with Gasteiger partial charge in [-0.3, -0.25) is 0 Å². The van der Waals surface area contributed by atoms with Gasteiger partial charge in [-0.15, -0.1) is 0 Å². The lowest BCUT2D eigenvalue weighted by Crippen LogP contribution is -2.46. The summed E-state index contributed by atoms with van der Waals surface area (Å²) >= 11 is 8.08. The summed E-state index contributed by atoms with van der Waals surface area (Å²) in [5.74, 6) is -0.315. The molecule has 3 aliphatic rings. The monoisotopic (exact) mass is 620 g/mol. The summed E-state index contributed by atoms with van der Waals surface area (Å²) in [6.45, 7) is 0.423. The van der Waals surface area contributed by atoms with Crippen LogP contribution >= 0.6 is 23.4 Å². The van der Waals surface area contributed by atoms with E-state index in [1.54, 1.807) is 42.5 Å². The standard InChI is InChI=1S/C29H30ClFN2O4S3/c30-25-18-24-27(38-26-17-20(31)9-10-23(26)29(24)13-5-2-6-14-29)19-28(25)39(34,35)32-21-11-15-33(16-12-21)40(36,37)22-7-3-1-4-8-22/h1,3-4,7-10,17-19,21,32H,2,5-6,11-16H2. The van der Waals surface area contributed by atoms with Crippen LogP contribution in [0.2, 0.25) is 5.02 Å². The maximum absolute atomic E-state index is 14.2. The highest BCUT2D eigenvalue weighted by Crippen LogP contribution is 2.56. The zero-order valence-electron chi connectivity index (χ0n) is 21.8. The summed E-state index contributed by atoms with van der Waals surface area (Å²) in [5.41, 5.74) is 1.80. The molecule has 212 valence electrons. The van der Waals surface area contributed by atoms with Crippen molar-refractivity contribution in [1.29, 1.82) is 0 Å². The molecule has 0 bridgehead atoms. The Kier molecular flexibility index (Phi) is 7.55. The number of sulfonamides is 2. The van der Waals surface area contributed by atoms with Crippen LogP contribution in [0.4, 0.5) is 4.39 Å². The minimum Gasteiger partial charge on any atom is -0.208 e. The van der Waals surface area contributed by atoms with Crippen molar-refractivity contribution in [2.24, 2.45) is 0 Å². The lowest BCUT2D eigenvalue weighted by atomic mass is 9.65. The van der Waals surface area contributed by atoms with E-state index in [-0.39, 0.29) is 39.1 Å². The summed E-state index contributed by atoms with van der Waals surface area (Å²) in [4.78, 5) is 1.82. The zero-order chi connectivity index (χ0) is 28.1. The molecule has 2 aliphatic heterocycles. The Balaban J connectivity index is 1.25. The number of benzene rings is 3. The number of halogens is 2. The van der Waals surface area contributed by atoms with Gasteiger partial charge in [-0.2, -0.15) is 4.31 Å². The molecule has 1 aliphatic carbocycles. The van der Waals surface area contributed by atoms with Gasteiger partial charge in [0.2, 0.25) is 20.0 Å². The predicted octanol–water partition coefficient (Wildman–Crippen LogP) is 6.33. The van der Waals surface area contributed by atoms with E-state index in [4.69, 9.17) is 11.6 Å². The molecule has 0 aromatic heterocycles. The van der Waals surface area contributed by atoms with Gasteiger partial charge < -0.3 is 0 Å². The Bertz CT molecular complexity index is 1650. The van der Waals surface area contributed by atoms with E-state index in [1.807, 2.05) is 6.07 Å². The highest BCUT2D eigenvalue weighted by molar-refractivity contribution is 7.99. The molecule has 11 heteroatoms. The topological polar surface area (TPSA) is 83.6 Å². The SMILES string of the molecule is O=S(=O)(NC1CCN(S(=O)(=O)c2ccccc2)CC1)c1cc2c(cc1Cl)C1(CCCCC1)c1ccc(F)cc1S2. The molecule has 0 atom stereocenters. The molecule has 3 aromatic rings. The number of nitrogens with one attached hydrogen (secondary N) is 1. The minimum atomic E-state index is -3.99. The van der Waals surface area contributed by atoms with E-state index in [0.29, 0.717) is 12.8 Å². The maximum Gasteiger partial charge on any atom is 0.243 e. The first-order valence-electron chi connectivity index (χ1n) is 13.5. The van der Waals surface area contributed by atoms with Crippen LogP contribution in [0.5, 0.6) is 0 Å². The first-order chi connectivity index (χ1) is 19.1. The van der Waals surface area contributed by atoms with Crippen molar-refractivity contribution in [1.82, 2.24) is 9.03 Å². The van der Waals surface area contributed by atoms with Gasteiger partial charge in [-0.25, -0.2) is 25.9 Å². The van der Waals surface area contributed by atoms with Gasteiger partial charge >= 0.3 is 0 Å². The molecular formula is C29H30ClFN2O4S3. The molecule has 40 heavy (non-hydrogen) atoms. The molecular weight excluding hydrogens is 591 g/mol. The highest BCUT2D eigenvalue weighted by Gasteiger charge is 2.43. The molecule has 1 saturated heterocycles. The van der Waals surface area contributed by atoms with Crippen molar-refractivity contribution >= 4 is 43.4 Å². The summed E-state index contributed by atoms with van der Waals surface area (Å²) in [6, 6.07) is 16.2. The van der Waals surface area contributed by atoms with Crippen molar-refractivity contribution in [3.05, 3.63) is 82.6 Å². The van der Waals surface area contributed by atoms with Crippen LogP contribution in [0.25, 0.3) is 0 Å². The molecule has 3 aromatic carbocycles. The Morgan fingerprint density at radius 1 is 0.875 bits per heavy atom. The fourth-order valence-corrected chi connectivity index (χ4v) is 11.1. The fourth-order valence-electron chi connectivity index (χ4n) is 6.37. The summed E-state index contributed by atoms with van der Waals surface area (Å²) in [5, 5.41) is 0.159. The average Bonchev–Trinajstić information content (AvgIpc) is 2.94. The molecule has 6 nitrogen and oxygen atoms in total. The Labute approximate surface area is 244 Å². The van der Waals surface area contributed by atoms with Gasteiger partial charge in [0, 0.05) is 34.3 Å². The van der Waals surface area contributed by atoms with Crippen molar-refractivity contribution < 1.29 is 21.2 Å². The summed E-state index contributed by atoms with van der Waals surface area (Å²) in [6.07, 6.45) is 5.72. The van der Waals surface area contributed by atoms with Crippen LogP contribution in [0, 0.1) is 5.82 Å². The van der Waals surface area contributed by atoms with E-state index in [9.17, 15) is 21.2 Å². The van der Waals surface area contributed by atoms with Crippen molar-refractivity contribution in [2.75, 3.05) is 13.1 Å². The van der Waals surface area contributed by atoms with Crippen LogP contribution in [0.1, 0.15) is 56.1 Å². The zero-order valence-corrected chi connectivity index (χ0v) is 25.0. The second-order valence-corrected chi connectivity index (χ2v) is 15.9. The van der Waals surface area contributed by atoms with Crippen LogP contribution < -0.4 is 4.72 Å². The maximum atomic E-state index is 14.2. The van der Waals surface area contributed by atoms with Gasteiger partial charge in [0.1, 0.15) is 10.7 Å². The Hall–Kier alpha value is -1.95. The number of hydrogen-bond acceptors (Lipinski definition) is 5. The molecule has 1 spiro atoms. The molecule has 1 saturated carbocycles. The predicted molar refractivity (Wildman–Crippen MR) is 154 cm³/mol. The lowest BCUT2D eigenvalue weighted by Gasteiger charge is -2.43. The Morgan fingerprint density at radius 3 is 2.25 bits per heavy atom. The van der Waals surface area contributed by atoms with Crippen molar-refractivity contribution in [3.63, 3.8) is 0 Å². The van der Waals surface area contributed by atoms with Crippen LogP contribution in [-0.4, -0.2) is 40.3 Å². The molecule has 1 N–H and O–H groups in total. The number of rotatable bonds is 5. The number of nitrogens with zero attached hydrogens (tertiary/aromatic N) is 1. The minimum absolute atomic E-state index is 0.00874. The molecule has 6 rings (SSSR count).